The summed E-state index contributed by atoms with van der Waals surface area (Å²) in [6.07, 6.45) is 3.51. The van der Waals surface area contributed by atoms with Crippen LogP contribution in [0.25, 0.3) is 6.08 Å². The third-order valence-electron chi connectivity index (χ3n) is 7.81. The van der Waals surface area contributed by atoms with E-state index in [2.05, 4.69) is 5.32 Å². The van der Waals surface area contributed by atoms with Gasteiger partial charge in [-0.1, -0.05) is 60.7 Å². The first-order chi connectivity index (χ1) is 17.8. The zero-order valence-electron chi connectivity index (χ0n) is 20.2. The van der Waals surface area contributed by atoms with Gasteiger partial charge in [-0.2, -0.15) is 0 Å². The molecule has 2 heterocycles. The summed E-state index contributed by atoms with van der Waals surface area (Å²) in [5.74, 6) is -3.02. The van der Waals surface area contributed by atoms with Crippen molar-refractivity contribution in [2.45, 2.75) is 31.8 Å². The number of nitrogens with one attached hydrogen (secondary N) is 1. The topological polar surface area (TPSA) is 83.6 Å². The summed E-state index contributed by atoms with van der Waals surface area (Å²) in [4.78, 5) is 55.7. The fraction of sp³-hybridized carbons (Fsp3) is 0.200. The van der Waals surface area contributed by atoms with Gasteiger partial charge >= 0.3 is 0 Å². The first-order valence-corrected chi connectivity index (χ1v) is 12.1. The van der Waals surface area contributed by atoms with Gasteiger partial charge in [0.2, 0.25) is 5.91 Å². The summed E-state index contributed by atoms with van der Waals surface area (Å²) in [6.45, 7) is 2.81. The maximum atomic E-state index is 15.5. The minimum atomic E-state index is -1.74. The van der Waals surface area contributed by atoms with Crippen molar-refractivity contribution in [1.82, 2.24) is 0 Å². The fourth-order valence-electron chi connectivity index (χ4n) is 6.52. The van der Waals surface area contributed by atoms with Crippen LogP contribution in [0.2, 0.25) is 0 Å². The van der Waals surface area contributed by atoms with E-state index in [1.54, 1.807) is 77.7 Å². The molecule has 1 aliphatic carbocycles. The quantitative estimate of drug-likeness (QED) is 0.529. The van der Waals surface area contributed by atoms with Gasteiger partial charge in [0.1, 0.15) is 11.2 Å². The van der Waals surface area contributed by atoms with Gasteiger partial charge in [0.15, 0.2) is 17.3 Å². The lowest BCUT2D eigenvalue weighted by molar-refractivity contribution is -0.118. The average molecular weight is 495 g/mol. The second-order valence-electron chi connectivity index (χ2n) is 9.76. The molecule has 1 fully saturated rings. The Labute approximate surface area is 212 Å². The monoisotopic (exact) mass is 494 g/mol. The second-order valence-corrected chi connectivity index (χ2v) is 9.76. The number of benzene rings is 3. The number of anilines is 2. The minimum Gasteiger partial charge on any atom is -0.352 e. The van der Waals surface area contributed by atoms with Crippen LogP contribution in [0.1, 0.15) is 51.6 Å². The van der Waals surface area contributed by atoms with Crippen molar-refractivity contribution in [3.63, 3.8) is 0 Å². The lowest BCUT2D eigenvalue weighted by Crippen LogP contribution is -2.48. The summed E-state index contributed by atoms with van der Waals surface area (Å²) in [5, 5.41) is 2.81. The summed E-state index contributed by atoms with van der Waals surface area (Å²) < 4.78 is 15.5. The van der Waals surface area contributed by atoms with E-state index < -0.39 is 40.8 Å². The van der Waals surface area contributed by atoms with Crippen LogP contribution >= 0.6 is 0 Å². The van der Waals surface area contributed by atoms with Gasteiger partial charge in [0.05, 0.1) is 17.8 Å². The van der Waals surface area contributed by atoms with Crippen molar-refractivity contribution < 1.29 is 23.6 Å². The summed E-state index contributed by atoms with van der Waals surface area (Å²) in [6, 6.07) is 16.1. The molecule has 1 saturated heterocycles. The van der Waals surface area contributed by atoms with E-state index in [-0.39, 0.29) is 28.4 Å². The fourth-order valence-corrected chi connectivity index (χ4v) is 6.52. The zero-order chi connectivity index (χ0) is 26.1. The molecule has 6 nitrogen and oxygen atoms in total. The van der Waals surface area contributed by atoms with E-state index in [9.17, 15) is 19.2 Å². The Morgan fingerprint density at radius 3 is 2.16 bits per heavy atom. The van der Waals surface area contributed by atoms with Crippen LogP contribution in [0.4, 0.5) is 15.8 Å². The first-order valence-electron chi connectivity index (χ1n) is 12.1. The number of fused-ring (bicyclic) bond motifs is 5. The van der Waals surface area contributed by atoms with E-state index in [1.165, 1.54) is 19.9 Å². The summed E-state index contributed by atoms with van der Waals surface area (Å²) in [7, 11) is 0. The highest BCUT2D eigenvalue weighted by Crippen LogP contribution is 2.61. The molecule has 0 unspecified atom stereocenters. The van der Waals surface area contributed by atoms with Gasteiger partial charge in [-0.3, -0.25) is 19.2 Å². The molecule has 2 aliphatic heterocycles. The van der Waals surface area contributed by atoms with Gasteiger partial charge in [0.25, 0.3) is 0 Å². The molecule has 3 aromatic carbocycles. The average Bonchev–Trinajstić information content (AvgIpc) is 3.31. The molecule has 7 heteroatoms. The van der Waals surface area contributed by atoms with E-state index in [4.69, 9.17) is 0 Å². The molecule has 1 N–H and O–H groups in total. The number of carbonyl (C=O) groups excluding carboxylic acids is 4. The number of halogens is 1. The predicted octanol–water partition coefficient (Wildman–Crippen LogP) is 4.81. The molecule has 0 bridgehead atoms. The smallest absolute Gasteiger partial charge is 0.221 e. The molecule has 3 aliphatic rings. The lowest BCUT2D eigenvalue weighted by atomic mass is 9.64. The van der Waals surface area contributed by atoms with Crippen molar-refractivity contribution in [2.75, 3.05) is 10.2 Å². The number of rotatable bonds is 3. The Bertz CT molecular complexity index is 1520. The SMILES string of the molecule is CC(=O)Nc1cccc2c1C=C[C@H]1N2[C@H](C(C)=O)[C@@H](c2ccccc2F)C12C(=O)c1ccccc1C2=O. The molecular weight excluding hydrogens is 471 g/mol. The van der Waals surface area contributed by atoms with Crippen molar-refractivity contribution in [1.29, 1.82) is 0 Å². The van der Waals surface area contributed by atoms with Crippen LogP contribution in [0.15, 0.2) is 72.8 Å². The Balaban J connectivity index is 1.67. The highest BCUT2D eigenvalue weighted by molar-refractivity contribution is 6.32. The Morgan fingerprint density at radius 2 is 1.54 bits per heavy atom. The predicted molar refractivity (Wildman–Crippen MR) is 137 cm³/mol. The molecule has 37 heavy (non-hydrogen) atoms. The summed E-state index contributed by atoms with van der Waals surface area (Å²) in [5.41, 5.74) is 0.764. The summed E-state index contributed by atoms with van der Waals surface area (Å²) >= 11 is 0. The highest BCUT2D eigenvalue weighted by atomic mass is 19.1. The molecule has 1 spiro atoms. The van der Waals surface area contributed by atoms with E-state index >= 15 is 4.39 Å². The maximum absolute atomic E-state index is 15.5. The van der Waals surface area contributed by atoms with Crippen molar-refractivity contribution in [2.24, 2.45) is 5.41 Å². The number of ketones is 3. The van der Waals surface area contributed by atoms with Crippen LogP contribution in [0, 0.1) is 11.2 Å². The number of carbonyl (C=O) groups is 4. The molecule has 3 atom stereocenters. The Kier molecular flexibility index (Phi) is 5.02. The molecule has 0 saturated carbocycles. The van der Waals surface area contributed by atoms with E-state index in [1.807, 2.05) is 0 Å². The third kappa shape index (κ3) is 2.97. The number of Topliss-reactive ketones (excluding diaryl/α,β-unsaturated/α-hetero) is 3. The molecule has 0 aromatic heterocycles. The first kappa shape index (κ1) is 23.0. The van der Waals surface area contributed by atoms with Crippen LogP contribution in [0.5, 0.6) is 0 Å². The molecule has 6 rings (SSSR count). The number of hydrogen-bond acceptors (Lipinski definition) is 5. The van der Waals surface area contributed by atoms with Gasteiger partial charge in [0, 0.05) is 35.2 Å². The largest absolute Gasteiger partial charge is 0.352 e. The Morgan fingerprint density at radius 1 is 0.892 bits per heavy atom. The zero-order valence-corrected chi connectivity index (χ0v) is 20.2. The molecule has 1 amide bonds. The second kappa shape index (κ2) is 8.06. The normalized spacial score (nSPS) is 22.6. The van der Waals surface area contributed by atoms with Gasteiger partial charge < -0.3 is 10.2 Å². The lowest BCUT2D eigenvalue weighted by Gasteiger charge is -2.37. The van der Waals surface area contributed by atoms with Crippen molar-refractivity contribution in [3.8, 4) is 0 Å². The highest BCUT2D eigenvalue weighted by Gasteiger charge is 2.71. The van der Waals surface area contributed by atoms with Crippen LogP contribution in [0.3, 0.4) is 0 Å². The van der Waals surface area contributed by atoms with Crippen molar-refractivity contribution >= 4 is 40.7 Å². The number of nitrogens with zero attached hydrogens (tertiary/aromatic N) is 1. The van der Waals surface area contributed by atoms with Crippen LogP contribution in [-0.2, 0) is 9.59 Å². The van der Waals surface area contributed by atoms with Gasteiger partial charge in [-0.15, -0.1) is 0 Å². The third-order valence-corrected chi connectivity index (χ3v) is 7.81. The van der Waals surface area contributed by atoms with E-state index in [0.29, 0.717) is 16.9 Å². The number of hydrogen-bond donors (Lipinski definition) is 1. The van der Waals surface area contributed by atoms with Crippen LogP contribution < -0.4 is 10.2 Å². The molecule has 184 valence electrons. The minimum absolute atomic E-state index is 0.152. The standard InChI is InChI=1S/C30H23FN2O4/c1-16(34)27-26(20-10-5-6-11-22(20)31)30(28(36)18-8-3-4-9-19(18)29(30)37)25-15-14-21-23(32-17(2)35)12-7-13-24(21)33(25)27/h3-15,25-27H,1-2H3,(H,32,35)/t25-,26-,27-/m1/s1. The molecule has 0 radical (unpaired) electrons. The van der Waals surface area contributed by atoms with Crippen LogP contribution in [-0.4, -0.2) is 35.3 Å². The Hall–Kier alpha value is -4.39. The van der Waals surface area contributed by atoms with Gasteiger partial charge in [-0.25, -0.2) is 4.39 Å². The number of amides is 1. The van der Waals surface area contributed by atoms with Gasteiger partial charge in [-0.05, 0) is 30.7 Å². The molecule has 3 aromatic rings. The van der Waals surface area contributed by atoms with E-state index in [0.717, 1.165) is 0 Å². The van der Waals surface area contributed by atoms with Crippen molar-refractivity contribution in [3.05, 3.63) is 101 Å². The maximum Gasteiger partial charge on any atom is 0.221 e. The molecular formula is C30H23FN2O4.